The maximum absolute atomic E-state index is 12.8. The molecule has 0 saturated carbocycles. The normalized spacial score (nSPS) is 14.0. The van der Waals surface area contributed by atoms with Crippen LogP contribution in [-0.4, -0.2) is 74.2 Å². The van der Waals surface area contributed by atoms with Crippen LogP contribution in [0.4, 0.5) is 11.4 Å². The number of nitrogens with two attached hydrogens (primary N) is 1. The van der Waals surface area contributed by atoms with E-state index in [1.165, 1.54) is 12.1 Å². The van der Waals surface area contributed by atoms with Crippen molar-refractivity contribution < 1.29 is 29.0 Å². The van der Waals surface area contributed by atoms with Crippen molar-refractivity contribution in [3.63, 3.8) is 0 Å². The molecule has 3 amide bonds. The Morgan fingerprint density at radius 1 is 1.03 bits per heavy atom. The molecule has 13 heteroatoms. The highest BCUT2D eigenvalue weighted by atomic mass is 35.5. The Morgan fingerprint density at radius 2 is 1.69 bits per heavy atom. The van der Waals surface area contributed by atoms with Gasteiger partial charge in [-0.15, -0.1) is 0 Å². The van der Waals surface area contributed by atoms with Gasteiger partial charge in [-0.3, -0.25) is 14.4 Å². The summed E-state index contributed by atoms with van der Waals surface area (Å²) in [5.74, 6) is -3.37. The number of carbonyl (C=O) groups is 4. The van der Waals surface area contributed by atoms with E-state index >= 15 is 0 Å². The van der Waals surface area contributed by atoms with Crippen molar-refractivity contribution >= 4 is 58.3 Å². The van der Waals surface area contributed by atoms with Gasteiger partial charge in [0.25, 0.3) is 11.8 Å². The fourth-order valence-electron chi connectivity index (χ4n) is 3.43. The molecule has 36 heavy (non-hydrogen) atoms. The number of anilines is 2. The number of carboxylic acids is 1. The zero-order valence-corrected chi connectivity index (χ0v) is 20.6. The number of benzene rings is 2. The molecule has 1 atom stereocenters. The quantitative estimate of drug-likeness (QED) is 0.297. The van der Waals surface area contributed by atoms with Gasteiger partial charge in [-0.25, -0.2) is 4.79 Å². The number of rotatable bonds is 9. The second-order valence-electron chi connectivity index (χ2n) is 7.86. The SMILES string of the molecule is Nc1cccc(C(=O)NCC(=O)NC[C@H](NC(=O)c2c(Cl)cc(N3CCOCC3)cc2Cl)C(=O)O)c1. The van der Waals surface area contributed by atoms with Crippen molar-refractivity contribution in [2.45, 2.75) is 6.04 Å². The lowest BCUT2D eigenvalue weighted by molar-refractivity contribution is -0.139. The average Bonchev–Trinajstić information content (AvgIpc) is 2.84. The minimum Gasteiger partial charge on any atom is -0.480 e. The van der Waals surface area contributed by atoms with Crippen molar-refractivity contribution in [1.82, 2.24) is 16.0 Å². The number of nitrogens with one attached hydrogen (secondary N) is 3. The van der Waals surface area contributed by atoms with E-state index in [1.807, 2.05) is 4.90 Å². The molecule has 0 aromatic heterocycles. The fraction of sp³-hybridized carbons (Fsp3) is 0.304. The Hall–Kier alpha value is -3.54. The number of hydrogen-bond acceptors (Lipinski definition) is 7. The number of aliphatic carboxylic acids is 1. The number of halogens is 2. The highest BCUT2D eigenvalue weighted by molar-refractivity contribution is 6.40. The van der Waals surface area contributed by atoms with Crippen LogP contribution in [0, 0.1) is 0 Å². The van der Waals surface area contributed by atoms with E-state index in [4.69, 9.17) is 33.7 Å². The number of nitrogens with zero attached hydrogens (tertiary/aromatic N) is 1. The van der Waals surface area contributed by atoms with Gasteiger partial charge in [-0.05, 0) is 30.3 Å². The Morgan fingerprint density at radius 3 is 2.31 bits per heavy atom. The molecular weight excluding hydrogens is 513 g/mol. The number of carbonyl (C=O) groups excluding carboxylic acids is 3. The minimum atomic E-state index is -1.47. The first-order chi connectivity index (χ1) is 17.2. The summed E-state index contributed by atoms with van der Waals surface area (Å²) in [6.07, 6.45) is 0. The third-order valence-corrected chi connectivity index (χ3v) is 5.89. The third kappa shape index (κ3) is 7.23. The van der Waals surface area contributed by atoms with Crippen LogP contribution in [0.25, 0.3) is 0 Å². The molecule has 1 saturated heterocycles. The van der Waals surface area contributed by atoms with Crippen molar-refractivity contribution in [1.29, 1.82) is 0 Å². The topological polar surface area (TPSA) is 163 Å². The summed E-state index contributed by atoms with van der Waals surface area (Å²) < 4.78 is 5.32. The van der Waals surface area contributed by atoms with Gasteiger partial charge in [0.1, 0.15) is 6.04 Å². The summed E-state index contributed by atoms with van der Waals surface area (Å²) >= 11 is 12.6. The number of carboxylic acid groups (broad SMARTS) is 1. The number of hydrogen-bond donors (Lipinski definition) is 5. The van der Waals surface area contributed by atoms with Crippen LogP contribution in [-0.2, 0) is 14.3 Å². The summed E-state index contributed by atoms with van der Waals surface area (Å²) in [5, 5.41) is 16.7. The van der Waals surface area contributed by atoms with Gasteiger partial charge in [0.15, 0.2) is 0 Å². The molecule has 1 fully saturated rings. The lowest BCUT2D eigenvalue weighted by Gasteiger charge is -2.29. The molecule has 1 heterocycles. The van der Waals surface area contributed by atoms with Crippen LogP contribution in [0.1, 0.15) is 20.7 Å². The van der Waals surface area contributed by atoms with E-state index in [1.54, 1.807) is 24.3 Å². The molecule has 6 N–H and O–H groups in total. The summed E-state index contributed by atoms with van der Waals surface area (Å²) in [5.41, 5.74) is 6.93. The van der Waals surface area contributed by atoms with Gasteiger partial charge < -0.3 is 36.4 Å². The molecule has 0 aliphatic carbocycles. The zero-order chi connectivity index (χ0) is 26.2. The molecule has 3 rings (SSSR count). The first-order valence-electron chi connectivity index (χ1n) is 10.9. The maximum Gasteiger partial charge on any atom is 0.328 e. The summed E-state index contributed by atoms with van der Waals surface area (Å²) in [6.45, 7) is 1.53. The Labute approximate surface area is 216 Å². The summed E-state index contributed by atoms with van der Waals surface area (Å²) in [6, 6.07) is 7.87. The minimum absolute atomic E-state index is 0.0546. The third-order valence-electron chi connectivity index (χ3n) is 5.30. The van der Waals surface area contributed by atoms with E-state index in [9.17, 15) is 24.3 Å². The van der Waals surface area contributed by atoms with Crippen LogP contribution < -0.4 is 26.6 Å². The Kier molecular flexibility index (Phi) is 9.34. The number of nitrogen functional groups attached to an aromatic ring is 1. The lowest BCUT2D eigenvalue weighted by Crippen LogP contribution is -2.50. The van der Waals surface area contributed by atoms with E-state index < -0.39 is 42.8 Å². The van der Waals surface area contributed by atoms with Crippen molar-refractivity contribution in [2.24, 2.45) is 0 Å². The van der Waals surface area contributed by atoms with Gasteiger partial charge in [-0.2, -0.15) is 0 Å². The largest absolute Gasteiger partial charge is 0.480 e. The second-order valence-corrected chi connectivity index (χ2v) is 8.67. The van der Waals surface area contributed by atoms with Crippen molar-refractivity contribution in [3.8, 4) is 0 Å². The van der Waals surface area contributed by atoms with Crippen molar-refractivity contribution in [3.05, 3.63) is 57.6 Å². The molecule has 192 valence electrons. The van der Waals surface area contributed by atoms with Gasteiger partial charge in [0, 0.05) is 36.6 Å². The van der Waals surface area contributed by atoms with Gasteiger partial charge >= 0.3 is 5.97 Å². The van der Waals surface area contributed by atoms with Crippen molar-refractivity contribution in [2.75, 3.05) is 50.0 Å². The average molecular weight is 538 g/mol. The number of amides is 3. The van der Waals surface area contributed by atoms with Gasteiger partial charge in [0.2, 0.25) is 5.91 Å². The number of ether oxygens (including phenoxy) is 1. The zero-order valence-electron chi connectivity index (χ0n) is 19.1. The highest BCUT2D eigenvalue weighted by Gasteiger charge is 2.25. The highest BCUT2D eigenvalue weighted by Crippen LogP contribution is 2.31. The Balaban J connectivity index is 1.56. The fourth-order valence-corrected chi connectivity index (χ4v) is 4.08. The lowest BCUT2D eigenvalue weighted by atomic mass is 10.1. The van der Waals surface area contributed by atoms with E-state index in [0.29, 0.717) is 37.7 Å². The molecule has 0 spiro atoms. The van der Waals surface area contributed by atoms with E-state index in [2.05, 4.69) is 16.0 Å². The monoisotopic (exact) mass is 537 g/mol. The molecule has 0 bridgehead atoms. The van der Waals surface area contributed by atoms with E-state index in [-0.39, 0.29) is 21.2 Å². The molecule has 1 aliphatic heterocycles. The predicted octanol–water partition coefficient (Wildman–Crippen LogP) is 1.14. The van der Waals surface area contributed by atoms with Crippen LogP contribution in [0.5, 0.6) is 0 Å². The second kappa shape index (κ2) is 12.4. The standard InChI is InChI=1S/C23H25Cl2N5O6/c24-16-9-15(30-4-6-36-7-5-30)10-17(25)20(16)22(33)29-18(23(34)35)11-27-19(31)12-28-21(32)13-2-1-3-14(26)8-13/h1-3,8-10,18H,4-7,11-12,26H2,(H,27,31)(H,28,32)(H,29,33)(H,34,35)/t18-/m0/s1. The van der Waals surface area contributed by atoms with Gasteiger partial charge in [-0.1, -0.05) is 29.3 Å². The first kappa shape index (κ1) is 27.1. The molecule has 0 radical (unpaired) electrons. The molecule has 2 aromatic rings. The van der Waals surface area contributed by atoms with E-state index in [0.717, 1.165) is 0 Å². The van der Waals surface area contributed by atoms with Gasteiger partial charge in [0.05, 0.1) is 35.4 Å². The molecular formula is C23H25Cl2N5O6. The molecule has 11 nitrogen and oxygen atoms in total. The smallest absolute Gasteiger partial charge is 0.328 e. The first-order valence-corrected chi connectivity index (χ1v) is 11.7. The summed E-state index contributed by atoms with van der Waals surface area (Å²) in [7, 11) is 0. The van der Waals surface area contributed by atoms with Crippen LogP contribution in [0.2, 0.25) is 10.0 Å². The molecule has 2 aromatic carbocycles. The maximum atomic E-state index is 12.8. The number of morpholine rings is 1. The predicted molar refractivity (Wildman–Crippen MR) is 135 cm³/mol. The van der Waals surface area contributed by atoms with Crippen LogP contribution in [0.3, 0.4) is 0 Å². The summed E-state index contributed by atoms with van der Waals surface area (Å²) in [4.78, 5) is 50.7. The Bertz CT molecular complexity index is 1130. The van der Waals surface area contributed by atoms with Crippen LogP contribution >= 0.6 is 23.2 Å². The molecule has 0 unspecified atom stereocenters. The van der Waals surface area contributed by atoms with Crippen LogP contribution in [0.15, 0.2) is 36.4 Å². The molecule has 1 aliphatic rings.